The van der Waals surface area contributed by atoms with Gasteiger partial charge in [-0.2, -0.15) is 0 Å². The van der Waals surface area contributed by atoms with E-state index in [4.69, 9.17) is 11.5 Å². The number of nitrogens with one attached hydrogen (secondary N) is 2. The van der Waals surface area contributed by atoms with Crippen molar-refractivity contribution in [2.75, 3.05) is 32.7 Å². The second kappa shape index (κ2) is 20.5. The first-order valence-corrected chi connectivity index (χ1v) is 17.9. The molecule has 4 amide bonds. The number of urea groups is 1. The number of carbonyl (C=O) groups excluding carboxylic acids is 4. The number of aliphatic carboxylic acids is 1. The Hall–Kier alpha value is -4.36. The molecule has 1 fully saturated rings. The molecule has 0 aromatic heterocycles. The van der Waals surface area contributed by atoms with Gasteiger partial charge in [-0.3, -0.25) is 14.4 Å². The van der Waals surface area contributed by atoms with E-state index in [1.807, 2.05) is 74.5 Å². The molecule has 51 heavy (non-hydrogen) atoms. The van der Waals surface area contributed by atoms with Crippen LogP contribution in [-0.4, -0.2) is 95.0 Å². The van der Waals surface area contributed by atoms with Gasteiger partial charge < -0.3 is 37.0 Å². The first-order chi connectivity index (χ1) is 24.4. The summed E-state index contributed by atoms with van der Waals surface area (Å²) in [6.45, 7) is 4.89. The molecule has 7 N–H and O–H groups in total. The number of benzene rings is 2. The van der Waals surface area contributed by atoms with Crippen LogP contribution in [0.15, 0.2) is 60.7 Å². The molecular weight excluding hydrogens is 655 g/mol. The molecule has 3 rings (SSSR count). The monoisotopic (exact) mass is 710 g/mol. The molecule has 0 saturated carbocycles. The van der Waals surface area contributed by atoms with Gasteiger partial charge in [0.15, 0.2) is 5.78 Å². The minimum atomic E-state index is -2.39. The van der Waals surface area contributed by atoms with Crippen LogP contribution in [0.5, 0.6) is 0 Å². The third-order valence-electron chi connectivity index (χ3n) is 9.27. The zero-order valence-corrected chi connectivity index (χ0v) is 29.9. The van der Waals surface area contributed by atoms with Crippen LogP contribution in [0.3, 0.4) is 0 Å². The summed E-state index contributed by atoms with van der Waals surface area (Å²) >= 11 is 0. The predicted octanol–water partition coefficient (Wildman–Crippen LogP) is 3.42. The number of hydrogen-bond acceptors (Lipinski definition) is 7. The Bertz CT molecular complexity index is 1420. The van der Waals surface area contributed by atoms with Crippen molar-refractivity contribution in [1.82, 2.24) is 20.4 Å². The Morgan fingerprint density at radius 1 is 0.882 bits per heavy atom. The number of nitrogens with two attached hydrogens (primary N) is 2. The highest BCUT2D eigenvalue weighted by Gasteiger charge is 2.44. The maximum Gasteiger partial charge on any atom is 0.341 e. The summed E-state index contributed by atoms with van der Waals surface area (Å²) in [5, 5.41) is 15.1. The zero-order chi connectivity index (χ0) is 37.4. The number of piperidine rings is 1. The van der Waals surface area contributed by atoms with E-state index in [-0.39, 0.29) is 76.0 Å². The highest BCUT2D eigenvalue weighted by molar-refractivity contribution is 5.94. The van der Waals surface area contributed by atoms with Crippen LogP contribution < -0.4 is 22.1 Å². The fourth-order valence-corrected chi connectivity index (χ4v) is 6.31. The first kappa shape index (κ1) is 41.1. The van der Waals surface area contributed by atoms with E-state index in [0.29, 0.717) is 32.2 Å². The number of carboxylic acid groups (broad SMARTS) is 1. The number of alkyl halides is 1. The van der Waals surface area contributed by atoms with Crippen LogP contribution in [-0.2, 0) is 32.1 Å². The SMILES string of the molecule is CC(C)C[C@@H](NC(=O)[C@@H](Cc1ccccc1)NC(=O)N(CCN)Cc1ccccc1)C(=O)C[C@H](CCCCN)C(=O)N1CCC(F)(C(=O)O)CC1. The van der Waals surface area contributed by atoms with Crippen molar-refractivity contribution in [3.05, 3.63) is 71.8 Å². The highest BCUT2D eigenvalue weighted by atomic mass is 19.1. The molecule has 1 heterocycles. The lowest BCUT2D eigenvalue weighted by Gasteiger charge is -2.36. The van der Waals surface area contributed by atoms with Crippen LogP contribution >= 0.6 is 0 Å². The summed E-state index contributed by atoms with van der Waals surface area (Å²) < 4.78 is 14.7. The summed E-state index contributed by atoms with van der Waals surface area (Å²) in [5.74, 6) is -3.47. The molecule has 0 aliphatic carbocycles. The Kier molecular flexibility index (Phi) is 16.5. The number of ketones is 1. The lowest BCUT2D eigenvalue weighted by atomic mass is 9.88. The number of rotatable bonds is 20. The molecule has 1 aliphatic rings. The topological polar surface area (TPSA) is 188 Å². The number of likely N-dealkylation sites (tertiary alicyclic amines) is 1. The van der Waals surface area contributed by atoms with Gasteiger partial charge in [-0.05, 0) is 42.9 Å². The average Bonchev–Trinajstić information content (AvgIpc) is 3.11. The van der Waals surface area contributed by atoms with Gasteiger partial charge in [0, 0.05) is 64.3 Å². The molecule has 0 bridgehead atoms. The molecule has 0 spiro atoms. The molecule has 12 nitrogen and oxygen atoms in total. The number of halogens is 1. The van der Waals surface area contributed by atoms with E-state index < -0.39 is 41.6 Å². The third-order valence-corrected chi connectivity index (χ3v) is 9.27. The van der Waals surface area contributed by atoms with Crippen molar-refractivity contribution in [1.29, 1.82) is 0 Å². The minimum absolute atomic E-state index is 0.00881. The molecule has 2 aromatic carbocycles. The van der Waals surface area contributed by atoms with Crippen LogP contribution in [0.2, 0.25) is 0 Å². The van der Waals surface area contributed by atoms with Crippen LogP contribution in [0.4, 0.5) is 9.18 Å². The Morgan fingerprint density at radius 2 is 1.49 bits per heavy atom. The summed E-state index contributed by atoms with van der Waals surface area (Å²) in [6, 6.07) is 16.2. The quantitative estimate of drug-likeness (QED) is 0.129. The second-order valence-corrected chi connectivity index (χ2v) is 13.8. The zero-order valence-electron chi connectivity index (χ0n) is 29.9. The van der Waals surface area contributed by atoms with Crippen LogP contribution in [0, 0.1) is 11.8 Å². The van der Waals surface area contributed by atoms with E-state index >= 15 is 0 Å². The van der Waals surface area contributed by atoms with Crippen LogP contribution in [0.1, 0.15) is 69.9 Å². The number of carbonyl (C=O) groups is 5. The number of carboxylic acids is 1. The van der Waals surface area contributed by atoms with Gasteiger partial charge in [0.05, 0.1) is 6.04 Å². The fourth-order valence-electron chi connectivity index (χ4n) is 6.31. The van der Waals surface area contributed by atoms with Gasteiger partial charge in [0.25, 0.3) is 0 Å². The molecule has 0 radical (unpaired) electrons. The standard InChI is InChI=1S/C38H55FN6O6/c1-27(2)23-31(33(46)25-30(15-9-10-18-40)35(48)44-20-16-38(39,17-21-44)36(49)50)42-34(47)32(24-28-11-5-3-6-12-28)43-37(51)45(22-19-41)26-29-13-7-4-8-14-29/h3-8,11-14,27,30-32H,9-10,15-26,40-41H2,1-2H3,(H,42,47)(H,43,51)(H,49,50)/t30-,31+,32+/m0/s1. The second-order valence-electron chi connectivity index (χ2n) is 13.8. The van der Waals surface area contributed by atoms with Crippen molar-refractivity contribution in [2.45, 2.75) is 89.5 Å². The Morgan fingerprint density at radius 3 is 2.04 bits per heavy atom. The van der Waals surface area contributed by atoms with E-state index in [9.17, 15) is 33.5 Å². The molecule has 280 valence electrons. The van der Waals surface area contributed by atoms with Crippen molar-refractivity contribution < 1.29 is 33.5 Å². The van der Waals surface area contributed by atoms with E-state index in [1.165, 1.54) is 4.90 Å². The van der Waals surface area contributed by atoms with Gasteiger partial charge in [-0.15, -0.1) is 0 Å². The summed E-state index contributed by atoms with van der Waals surface area (Å²) in [4.78, 5) is 69.7. The maximum atomic E-state index is 14.7. The fraction of sp³-hybridized carbons (Fsp3) is 0.553. The molecule has 2 aromatic rings. The van der Waals surface area contributed by atoms with Gasteiger partial charge >= 0.3 is 12.0 Å². The Balaban J connectivity index is 1.80. The third kappa shape index (κ3) is 13.0. The van der Waals surface area contributed by atoms with E-state index in [2.05, 4.69) is 10.6 Å². The molecule has 13 heteroatoms. The largest absolute Gasteiger partial charge is 0.479 e. The van der Waals surface area contributed by atoms with Crippen molar-refractivity contribution >= 4 is 29.6 Å². The molecule has 1 aliphatic heterocycles. The number of hydrogen-bond donors (Lipinski definition) is 5. The predicted molar refractivity (Wildman–Crippen MR) is 193 cm³/mol. The van der Waals surface area contributed by atoms with Gasteiger partial charge in [0.1, 0.15) is 6.04 Å². The lowest BCUT2D eigenvalue weighted by Crippen LogP contribution is -2.55. The van der Waals surface area contributed by atoms with Gasteiger partial charge in [-0.1, -0.05) is 80.9 Å². The number of Topliss-reactive ketones (excluding diaryl/α,β-unsaturated/α-hetero) is 1. The van der Waals surface area contributed by atoms with Crippen molar-refractivity contribution in [2.24, 2.45) is 23.3 Å². The summed E-state index contributed by atoms with van der Waals surface area (Å²) in [7, 11) is 0. The van der Waals surface area contributed by atoms with Crippen molar-refractivity contribution in [3.8, 4) is 0 Å². The van der Waals surface area contributed by atoms with Crippen molar-refractivity contribution in [3.63, 3.8) is 0 Å². The number of nitrogens with zero attached hydrogens (tertiary/aromatic N) is 2. The molecular formula is C38H55FN6O6. The Labute approximate surface area is 300 Å². The summed E-state index contributed by atoms with van der Waals surface area (Å²) in [5.41, 5.74) is 10.9. The lowest BCUT2D eigenvalue weighted by molar-refractivity contribution is -0.157. The number of amides is 4. The minimum Gasteiger partial charge on any atom is -0.479 e. The van der Waals surface area contributed by atoms with Gasteiger partial charge in [0.2, 0.25) is 17.5 Å². The van der Waals surface area contributed by atoms with E-state index in [1.54, 1.807) is 4.90 Å². The van der Waals surface area contributed by atoms with Crippen LogP contribution in [0.25, 0.3) is 0 Å². The molecule has 0 unspecified atom stereocenters. The summed E-state index contributed by atoms with van der Waals surface area (Å²) in [6.07, 6.45) is 1.26. The maximum absolute atomic E-state index is 14.7. The molecule has 3 atom stereocenters. The van der Waals surface area contributed by atoms with E-state index in [0.717, 1.165) is 11.1 Å². The molecule has 1 saturated heterocycles. The normalized spacial score (nSPS) is 15.8. The smallest absolute Gasteiger partial charge is 0.341 e. The number of unbranched alkanes of at least 4 members (excludes halogenated alkanes) is 1. The first-order valence-electron chi connectivity index (χ1n) is 17.9. The average molecular weight is 711 g/mol. The highest BCUT2D eigenvalue weighted by Crippen LogP contribution is 2.29. The van der Waals surface area contributed by atoms with Gasteiger partial charge in [-0.25, -0.2) is 14.0 Å².